The molecule has 0 aliphatic heterocycles. The van der Waals surface area contributed by atoms with Crippen molar-refractivity contribution in [2.75, 3.05) is 0 Å². The van der Waals surface area contributed by atoms with Crippen LogP contribution in [0.4, 0.5) is 0 Å². The van der Waals surface area contributed by atoms with Crippen molar-refractivity contribution in [1.82, 2.24) is 0 Å². The predicted octanol–water partition coefficient (Wildman–Crippen LogP) is 6.10. The second kappa shape index (κ2) is 7.37. The Balaban J connectivity index is 1.75. The van der Waals surface area contributed by atoms with Crippen molar-refractivity contribution in [2.24, 2.45) is 0 Å². The molecule has 0 bridgehead atoms. The maximum Gasteiger partial charge on any atom is 0.139 e. The first kappa shape index (κ1) is 18.4. The Morgan fingerprint density at radius 3 is 1.35 bits per heavy atom. The first-order valence-corrected chi connectivity index (χ1v) is 13.2. The van der Waals surface area contributed by atoms with Crippen LogP contribution < -0.4 is 10.4 Å². The fraction of sp³-hybridized carbons (Fsp3) is 0.0667. The number of allylic oxidation sites excluding steroid dienone is 4. The molecule has 0 saturated carbocycles. The fourth-order valence-corrected chi connectivity index (χ4v) is 11.8. The zero-order chi connectivity index (χ0) is 20.7. The van der Waals surface area contributed by atoms with Crippen molar-refractivity contribution >= 4 is 18.4 Å². The highest BCUT2D eigenvalue weighted by Gasteiger charge is 2.53. The molecule has 0 fully saturated rings. The van der Waals surface area contributed by atoms with Gasteiger partial charge in [0.05, 0.1) is 0 Å². The topological polar surface area (TPSA) is 0 Å². The molecule has 0 spiro atoms. The third-order valence-corrected chi connectivity index (χ3v) is 12.6. The molecule has 1 heteroatoms. The normalized spacial score (nSPS) is 15.2. The average molecular weight is 413 g/mol. The zero-order valence-electron chi connectivity index (χ0n) is 17.4. The van der Waals surface area contributed by atoms with Crippen molar-refractivity contribution in [3.05, 3.63) is 145 Å². The molecule has 4 aromatic carbocycles. The average Bonchev–Trinajstić information content (AvgIpc) is 3.49. The monoisotopic (exact) mass is 412 g/mol. The highest BCUT2D eigenvalue weighted by molar-refractivity contribution is 7.05. The highest BCUT2D eigenvalue weighted by atomic mass is 28.3. The van der Waals surface area contributed by atoms with E-state index in [4.69, 9.17) is 0 Å². The Bertz CT molecular complexity index is 1190. The van der Waals surface area contributed by atoms with E-state index in [9.17, 15) is 0 Å². The maximum atomic E-state index is 2.44. The number of hydrogen-bond acceptors (Lipinski definition) is 0. The second-order valence-corrected chi connectivity index (χ2v) is 12.6. The molecule has 4 aromatic rings. The van der Waals surface area contributed by atoms with E-state index in [1.807, 2.05) is 0 Å². The second-order valence-electron chi connectivity index (χ2n) is 8.50. The van der Waals surface area contributed by atoms with Crippen LogP contribution in [0.1, 0.15) is 16.7 Å². The van der Waals surface area contributed by atoms with Crippen molar-refractivity contribution in [3.8, 4) is 11.1 Å². The van der Waals surface area contributed by atoms with Crippen LogP contribution in [0.25, 0.3) is 11.1 Å². The summed E-state index contributed by atoms with van der Waals surface area (Å²) in [7, 11) is -2.36. The summed E-state index contributed by atoms with van der Waals surface area (Å²) in [4.78, 5) is 0. The Labute approximate surface area is 185 Å². The first-order valence-electron chi connectivity index (χ1n) is 11.0. The van der Waals surface area contributed by atoms with Gasteiger partial charge in [-0.05, 0) is 27.8 Å². The summed E-state index contributed by atoms with van der Waals surface area (Å²) < 4.78 is 0. The fourth-order valence-electron chi connectivity index (χ4n) is 5.89. The minimum absolute atomic E-state index is 0.363. The van der Waals surface area contributed by atoms with Crippen molar-refractivity contribution in [1.29, 1.82) is 0 Å². The van der Waals surface area contributed by atoms with Crippen LogP contribution in [0.5, 0.6) is 0 Å². The van der Waals surface area contributed by atoms with Crippen LogP contribution in [-0.2, 0) is 0 Å². The molecule has 0 heterocycles. The molecule has 2 aliphatic carbocycles. The van der Waals surface area contributed by atoms with Crippen LogP contribution in [0.3, 0.4) is 0 Å². The summed E-state index contributed by atoms with van der Waals surface area (Å²) in [6, 6.07) is 40.8. The van der Waals surface area contributed by atoms with Crippen molar-refractivity contribution in [3.63, 3.8) is 0 Å². The molecule has 0 unspecified atom stereocenters. The molecular weight excluding hydrogens is 388 g/mol. The molecule has 0 amide bonds. The summed E-state index contributed by atoms with van der Waals surface area (Å²) in [5, 5.41) is 3.00. The Kier molecular flexibility index (Phi) is 4.36. The third kappa shape index (κ3) is 2.67. The lowest BCUT2D eigenvalue weighted by Gasteiger charge is -2.43. The van der Waals surface area contributed by atoms with Crippen LogP contribution >= 0.6 is 0 Å². The first-order chi connectivity index (χ1) is 15.4. The molecule has 0 N–H and O–H groups in total. The maximum absolute atomic E-state index is 2.44. The smallest absolute Gasteiger partial charge is 0.0796 e. The molecule has 0 aromatic heterocycles. The molecule has 0 nitrogen and oxygen atoms in total. The lowest BCUT2D eigenvalue weighted by molar-refractivity contribution is 1.09. The van der Waals surface area contributed by atoms with Gasteiger partial charge >= 0.3 is 0 Å². The van der Waals surface area contributed by atoms with Gasteiger partial charge in [-0.3, -0.25) is 0 Å². The van der Waals surface area contributed by atoms with E-state index >= 15 is 0 Å². The molecule has 6 rings (SSSR count). The Morgan fingerprint density at radius 1 is 0.452 bits per heavy atom. The minimum atomic E-state index is -2.36. The van der Waals surface area contributed by atoms with Gasteiger partial charge in [0.1, 0.15) is 8.07 Å². The zero-order valence-corrected chi connectivity index (χ0v) is 18.4. The summed E-state index contributed by atoms with van der Waals surface area (Å²) in [5.41, 5.74) is 6.53. The lowest BCUT2D eigenvalue weighted by atomic mass is 10.1. The van der Waals surface area contributed by atoms with Gasteiger partial charge < -0.3 is 0 Å². The predicted molar refractivity (Wildman–Crippen MR) is 134 cm³/mol. The van der Waals surface area contributed by atoms with E-state index in [0.717, 1.165) is 0 Å². The van der Waals surface area contributed by atoms with Crippen molar-refractivity contribution < 1.29 is 0 Å². The van der Waals surface area contributed by atoms with Gasteiger partial charge in [0, 0.05) is 5.54 Å². The highest BCUT2D eigenvalue weighted by Crippen LogP contribution is 2.52. The molecule has 0 saturated heterocycles. The molecule has 148 valence electrons. The minimum Gasteiger partial charge on any atom is -0.0796 e. The number of hydrogen-bond donors (Lipinski definition) is 0. The van der Waals surface area contributed by atoms with Gasteiger partial charge in [-0.25, -0.2) is 0 Å². The van der Waals surface area contributed by atoms with E-state index in [-0.39, 0.29) is 0 Å². The van der Waals surface area contributed by atoms with Crippen LogP contribution in [0, 0.1) is 0 Å². The van der Waals surface area contributed by atoms with Gasteiger partial charge in [-0.15, -0.1) is 0 Å². The number of fused-ring (bicyclic) bond motifs is 3. The summed E-state index contributed by atoms with van der Waals surface area (Å²) in [5.74, 6) is 0. The van der Waals surface area contributed by atoms with Crippen LogP contribution in [0.2, 0.25) is 5.54 Å². The van der Waals surface area contributed by atoms with Gasteiger partial charge in [0.2, 0.25) is 0 Å². The summed E-state index contributed by atoms with van der Waals surface area (Å²) in [6.45, 7) is 0. The molecule has 0 atom stereocenters. The Hall–Kier alpha value is -3.42. The van der Waals surface area contributed by atoms with Crippen LogP contribution in [-0.4, -0.2) is 8.07 Å². The van der Waals surface area contributed by atoms with Crippen LogP contribution in [0.15, 0.2) is 133 Å². The molecule has 2 aliphatic rings. The van der Waals surface area contributed by atoms with E-state index < -0.39 is 8.07 Å². The standard InChI is InChI=1S/C30H24Si/c1-3-13-23(14-4-1)31(25-17-7-8-18-25,24-15-5-2-6-16-24)30-28-21-11-9-19-26(28)27-20-10-12-22-29(27)30/h1-22,25,30H. The molecule has 31 heavy (non-hydrogen) atoms. The van der Waals surface area contributed by atoms with Crippen molar-refractivity contribution in [2.45, 2.75) is 11.1 Å². The number of rotatable bonds is 4. The lowest BCUT2D eigenvalue weighted by Crippen LogP contribution is -2.65. The summed E-state index contributed by atoms with van der Waals surface area (Å²) in [6.07, 6.45) is 9.36. The number of benzene rings is 4. The molecular formula is C30H24Si. The quantitative estimate of drug-likeness (QED) is 0.355. The van der Waals surface area contributed by atoms with Gasteiger partial charge in [0.25, 0.3) is 0 Å². The van der Waals surface area contributed by atoms with Gasteiger partial charge in [0.15, 0.2) is 0 Å². The van der Waals surface area contributed by atoms with Gasteiger partial charge in [-0.2, -0.15) is 0 Å². The van der Waals surface area contributed by atoms with E-state index in [0.29, 0.717) is 11.1 Å². The molecule has 0 radical (unpaired) electrons. The summed E-state index contributed by atoms with van der Waals surface area (Å²) >= 11 is 0. The third-order valence-electron chi connectivity index (χ3n) is 7.07. The van der Waals surface area contributed by atoms with E-state index in [1.54, 1.807) is 0 Å². The van der Waals surface area contributed by atoms with E-state index in [1.165, 1.54) is 32.6 Å². The van der Waals surface area contributed by atoms with E-state index in [2.05, 4.69) is 133 Å². The van der Waals surface area contributed by atoms with Gasteiger partial charge in [-0.1, -0.05) is 144 Å². The Morgan fingerprint density at radius 2 is 0.871 bits per heavy atom. The largest absolute Gasteiger partial charge is 0.139 e. The SMILES string of the molecule is C1=CC([Si](c2ccccc2)(c2ccccc2)C2c3ccccc3-c3ccccc32)C=C1.